The van der Waals surface area contributed by atoms with Gasteiger partial charge in [0.05, 0.1) is 16.5 Å². The van der Waals surface area contributed by atoms with Crippen molar-refractivity contribution >= 4 is 23.4 Å². The zero-order chi connectivity index (χ0) is 21.3. The molecule has 2 aromatic heterocycles. The van der Waals surface area contributed by atoms with Crippen LogP contribution >= 0.6 is 11.8 Å². The number of aromatic nitrogens is 5. The lowest BCUT2D eigenvalue weighted by Crippen LogP contribution is -2.24. The molecule has 3 rings (SSSR count). The van der Waals surface area contributed by atoms with Gasteiger partial charge in [-0.3, -0.25) is 4.79 Å². The van der Waals surface area contributed by atoms with Crippen LogP contribution in [0.3, 0.4) is 0 Å². The second-order valence-corrected chi connectivity index (χ2v) is 7.63. The maximum Gasteiger partial charge on any atom is 0.416 e. The zero-order valence-corrected chi connectivity index (χ0v) is 16.5. The van der Waals surface area contributed by atoms with E-state index in [2.05, 4.69) is 20.6 Å². The number of carbonyl (C=O) groups is 1. The molecule has 0 bridgehead atoms. The molecular weight excluding hydrogens is 407 g/mol. The molecule has 154 valence electrons. The Bertz CT molecular complexity index is 1040. The van der Waals surface area contributed by atoms with Crippen LogP contribution in [0.5, 0.6) is 0 Å². The van der Waals surface area contributed by atoms with Gasteiger partial charge in [-0.15, -0.1) is 10.2 Å². The molecule has 0 saturated heterocycles. The first-order valence-electron chi connectivity index (χ1n) is 8.45. The van der Waals surface area contributed by atoms with Crippen LogP contribution in [0.15, 0.2) is 35.5 Å². The van der Waals surface area contributed by atoms with Crippen LogP contribution in [0, 0.1) is 13.8 Å². The fourth-order valence-corrected chi connectivity index (χ4v) is 3.32. The third kappa shape index (κ3) is 4.53. The SMILES string of the molecule is Cc1cc(C)n(-c2nnc(SC(C)C(=O)Nc3cccc(C(F)(F)F)c3)n2N)n1. The van der Waals surface area contributed by atoms with Crippen molar-refractivity contribution in [2.45, 2.75) is 37.4 Å². The molecule has 29 heavy (non-hydrogen) atoms. The first-order chi connectivity index (χ1) is 13.6. The number of aryl methyl sites for hydroxylation is 2. The molecule has 1 aromatic carbocycles. The van der Waals surface area contributed by atoms with Crippen LogP contribution in [-0.2, 0) is 11.0 Å². The van der Waals surface area contributed by atoms with E-state index < -0.39 is 22.9 Å². The molecule has 8 nitrogen and oxygen atoms in total. The highest BCUT2D eigenvalue weighted by Crippen LogP contribution is 2.31. The summed E-state index contributed by atoms with van der Waals surface area (Å²) in [6.45, 7) is 5.26. The lowest BCUT2D eigenvalue weighted by atomic mass is 10.2. The number of nitrogen functional groups attached to an aromatic ring is 1. The number of rotatable bonds is 5. The molecule has 3 aromatic rings. The summed E-state index contributed by atoms with van der Waals surface area (Å²) in [6, 6.07) is 6.28. The Morgan fingerprint density at radius 1 is 1.24 bits per heavy atom. The Labute approximate surface area is 168 Å². The van der Waals surface area contributed by atoms with Crippen LogP contribution in [0.2, 0.25) is 0 Å². The minimum Gasteiger partial charge on any atom is -0.334 e. The van der Waals surface area contributed by atoms with Gasteiger partial charge in [0.1, 0.15) is 0 Å². The highest BCUT2D eigenvalue weighted by atomic mass is 32.2. The number of carbonyl (C=O) groups excluding carboxylic acids is 1. The number of hydrogen-bond acceptors (Lipinski definition) is 6. The van der Waals surface area contributed by atoms with Gasteiger partial charge in [0.15, 0.2) is 0 Å². The molecular formula is C17H18F3N7OS. The Balaban J connectivity index is 1.72. The second-order valence-electron chi connectivity index (χ2n) is 6.32. The smallest absolute Gasteiger partial charge is 0.334 e. The van der Waals surface area contributed by atoms with Gasteiger partial charge in [-0.2, -0.15) is 18.3 Å². The number of halogens is 3. The summed E-state index contributed by atoms with van der Waals surface area (Å²) in [5, 5.41) is 14.3. The van der Waals surface area contributed by atoms with Crippen LogP contribution in [0.4, 0.5) is 18.9 Å². The minimum absolute atomic E-state index is 0.0508. The Morgan fingerprint density at radius 2 is 1.97 bits per heavy atom. The third-order valence-electron chi connectivity index (χ3n) is 3.95. The van der Waals surface area contributed by atoms with Crippen molar-refractivity contribution in [1.82, 2.24) is 24.7 Å². The van der Waals surface area contributed by atoms with Crippen LogP contribution in [0.25, 0.3) is 5.95 Å². The van der Waals surface area contributed by atoms with Gasteiger partial charge in [-0.25, -0.2) is 9.36 Å². The third-order valence-corrected chi connectivity index (χ3v) is 5.01. The number of benzene rings is 1. The van der Waals surface area contributed by atoms with Crippen molar-refractivity contribution in [3.05, 3.63) is 47.3 Å². The lowest BCUT2D eigenvalue weighted by Gasteiger charge is -2.13. The summed E-state index contributed by atoms with van der Waals surface area (Å²) in [5.41, 5.74) is 0.809. The molecule has 0 aliphatic rings. The van der Waals surface area contributed by atoms with Gasteiger partial charge in [-0.05, 0) is 45.0 Å². The predicted molar refractivity (Wildman–Crippen MR) is 102 cm³/mol. The van der Waals surface area contributed by atoms with Crippen molar-refractivity contribution in [1.29, 1.82) is 0 Å². The Morgan fingerprint density at radius 3 is 2.59 bits per heavy atom. The first-order valence-corrected chi connectivity index (χ1v) is 9.33. The van der Waals surface area contributed by atoms with E-state index >= 15 is 0 Å². The summed E-state index contributed by atoms with van der Waals surface area (Å²) in [5.74, 6) is 5.82. The number of nitrogens with zero attached hydrogens (tertiary/aromatic N) is 5. The van der Waals surface area contributed by atoms with Gasteiger partial charge in [0, 0.05) is 11.4 Å². The monoisotopic (exact) mass is 425 g/mol. The van der Waals surface area contributed by atoms with E-state index in [0.717, 1.165) is 35.3 Å². The van der Waals surface area contributed by atoms with E-state index in [9.17, 15) is 18.0 Å². The number of hydrogen-bond donors (Lipinski definition) is 2. The normalized spacial score (nSPS) is 12.8. The molecule has 2 heterocycles. The van der Waals surface area contributed by atoms with Gasteiger partial charge < -0.3 is 11.2 Å². The van der Waals surface area contributed by atoms with Crippen LogP contribution in [-0.4, -0.2) is 35.8 Å². The predicted octanol–water partition coefficient (Wildman–Crippen LogP) is 2.93. The summed E-state index contributed by atoms with van der Waals surface area (Å²) in [6.07, 6.45) is -4.49. The van der Waals surface area contributed by atoms with E-state index in [1.54, 1.807) is 6.92 Å². The second kappa shape index (κ2) is 7.78. The number of nitrogens with one attached hydrogen (secondary N) is 1. The fraction of sp³-hybridized carbons (Fsp3) is 0.294. The quantitative estimate of drug-likeness (QED) is 0.481. The summed E-state index contributed by atoms with van der Waals surface area (Å²) in [4.78, 5) is 12.4. The molecule has 1 amide bonds. The van der Waals surface area contributed by atoms with Crippen molar-refractivity contribution in [2.24, 2.45) is 0 Å². The standard InChI is InChI=1S/C17H18F3N7OS/c1-9-7-10(2)27(25-9)15-23-24-16(26(15)21)29-11(3)14(28)22-13-6-4-5-12(8-13)17(18,19)20/h4-8,11H,21H2,1-3H3,(H,22,28). The fourth-order valence-electron chi connectivity index (χ4n) is 2.55. The number of alkyl halides is 3. The Hall–Kier alpha value is -3.02. The molecule has 0 spiro atoms. The van der Waals surface area contributed by atoms with Crippen molar-refractivity contribution in [2.75, 3.05) is 11.2 Å². The van der Waals surface area contributed by atoms with Crippen molar-refractivity contribution in [3.8, 4) is 5.95 Å². The topological polar surface area (TPSA) is 104 Å². The maximum absolute atomic E-state index is 12.8. The van der Waals surface area contributed by atoms with Gasteiger partial charge in [0.25, 0.3) is 5.95 Å². The van der Waals surface area contributed by atoms with Crippen molar-refractivity contribution < 1.29 is 18.0 Å². The average Bonchev–Trinajstić information content (AvgIpc) is 3.16. The summed E-state index contributed by atoms with van der Waals surface area (Å²) in [7, 11) is 0. The van der Waals surface area contributed by atoms with E-state index in [0.29, 0.717) is 0 Å². The highest BCUT2D eigenvalue weighted by Gasteiger charge is 2.30. The number of anilines is 1. The summed E-state index contributed by atoms with van der Waals surface area (Å²) >= 11 is 1.02. The maximum atomic E-state index is 12.8. The number of thioether (sulfide) groups is 1. The van der Waals surface area contributed by atoms with Crippen LogP contribution in [0.1, 0.15) is 23.9 Å². The zero-order valence-electron chi connectivity index (χ0n) is 15.7. The van der Waals surface area contributed by atoms with Crippen LogP contribution < -0.4 is 11.2 Å². The molecule has 0 saturated carbocycles. The van der Waals surface area contributed by atoms with E-state index in [1.165, 1.54) is 21.5 Å². The van der Waals surface area contributed by atoms with Gasteiger partial charge in [-0.1, -0.05) is 17.8 Å². The lowest BCUT2D eigenvalue weighted by molar-refractivity contribution is -0.137. The molecule has 1 atom stereocenters. The van der Waals surface area contributed by atoms with E-state index in [4.69, 9.17) is 5.84 Å². The molecule has 0 aliphatic heterocycles. The minimum atomic E-state index is -4.49. The summed E-state index contributed by atoms with van der Waals surface area (Å²) < 4.78 is 41.2. The molecule has 0 fully saturated rings. The Kier molecular flexibility index (Phi) is 5.55. The van der Waals surface area contributed by atoms with Gasteiger partial charge in [0.2, 0.25) is 11.1 Å². The molecule has 0 radical (unpaired) electrons. The highest BCUT2D eigenvalue weighted by molar-refractivity contribution is 8.00. The largest absolute Gasteiger partial charge is 0.416 e. The molecule has 12 heteroatoms. The van der Waals surface area contributed by atoms with E-state index in [-0.39, 0.29) is 16.8 Å². The average molecular weight is 425 g/mol. The van der Waals surface area contributed by atoms with Crippen molar-refractivity contribution in [3.63, 3.8) is 0 Å². The number of nitrogens with two attached hydrogens (primary N) is 1. The number of amides is 1. The molecule has 3 N–H and O–H groups in total. The molecule has 0 aliphatic carbocycles. The first kappa shape index (κ1) is 20.7. The van der Waals surface area contributed by atoms with Gasteiger partial charge >= 0.3 is 6.18 Å². The van der Waals surface area contributed by atoms with E-state index in [1.807, 2.05) is 19.9 Å². The molecule has 1 unspecified atom stereocenters.